The molecule has 0 spiro atoms. The Labute approximate surface area is 148 Å². The fraction of sp³-hybridized carbons (Fsp3) is 0.294. The van der Waals surface area contributed by atoms with Gasteiger partial charge in [-0.3, -0.25) is 14.9 Å². The van der Waals surface area contributed by atoms with E-state index in [1.807, 2.05) is 24.5 Å². The van der Waals surface area contributed by atoms with Crippen LogP contribution in [0.2, 0.25) is 0 Å². The van der Waals surface area contributed by atoms with Gasteiger partial charge in [-0.1, -0.05) is 18.3 Å². The third-order valence-corrected chi connectivity index (χ3v) is 4.85. The standard InChI is InChI=1S/C17H18N4O3S/c1-4-14-19-20-17(25-14)18-16(23)12-9-21(5-2)13-7-6-10(24-3)8-11(13)15(12)22/h6-9H,4-5H2,1-3H3,(H,18,20,23). The number of pyridine rings is 1. The Bertz CT molecular complexity index is 993. The zero-order valence-electron chi connectivity index (χ0n) is 14.2. The van der Waals surface area contributed by atoms with Crippen molar-refractivity contribution >= 4 is 33.3 Å². The maximum atomic E-state index is 12.8. The molecule has 1 N–H and O–H groups in total. The summed E-state index contributed by atoms with van der Waals surface area (Å²) in [5.41, 5.74) is 0.487. The van der Waals surface area contributed by atoms with Crippen LogP contribution in [0.5, 0.6) is 5.75 Å². The predicted octanol–water partition coefficient (Wildman–Crippen LogP) is 2.70. The lowest BCUT2D eigenvalue weighted by atomic mass is 10.1. The average Bonchev–Trinajstić information content (AvgIpc) is 3.09. The van der Waals surface area contributed by atoms with Crippen molar-refractivity contribution in [2.24, 2.45) is 0 Å². The fourth-order valence-electron chi connectivity index (χ4n) is 2.54. The molecule has 25 heavy (non-hydrogen) atoms. The summed E-state index contributed by atoms with van der Waals surface area (Å²) >= 11 is 1.30. The van der Waals surface area contributed by atoms with E-state index in [4.69, 9.17) is 4.74 Å². The molecule has 3 aromatic rings. The second-order valence-corrected chi connectivity index (χ2v) is 6.41. The SMILES string of the molecule is CCc1nnc(NC(=O)c2cn(CC)c3ccc(OC)cc3c2=O)s1. The van der Waals surface area contributed by atoms with Gasteiger partial charge in [0.05, 0.1) is 18.0 Å². The van der Waals surface area contributed by atoms with Gasteiger partial charge in [0.1, 0.15) is 16.3 Å². The van der Waals surface area contributed by atoms with Gasteiger partial charge in [0.2, 0.25) is 10.6 Å². The highest BCUT2D eigenvalue weighted by molar-refractivity contribution is 7.15. The van der Waals surface area contributed by atoms with Crippen molar-refractivity contribution in [1.29, 1.82) is 0 Å². The molecule has 0 atom stereocenters. The topological polar surface area (TPSA) is 86.1 Å². The van der Waals surface area contributed by atoms with Crippen LogP contribution in [-0.2, 0) is 13.0 Å². The Morgan fingerprint density at radius 2 is 2.12 bits per heavy atom. The summed E-state index contributed by atoms with van der Waals surface area (Å²) in [7, 11) is 1.54. The van der Waals surface area contributed by atoms with Crippen molar-refractivity contribution in [2.75, 3.05) is 12.4 Å². The minimum absolute atomic E-state index is 0.0656. The van der Waals surface area contributed by atoms with Gasteiger partial charge in [-0.15, -0.1) is 10.2 Å². The maximum absolute atomic E-state index is 12.8. The lowest BCUT2D eigenvalue weighted by molar-refractivity contribution is 0.102. The van der Waals surface area contributed by atoms with Crippen LogP contribution in [0, 0.1) is 0 Å². The first-order valence-corrected chi connectivity index (χ1v) is 8.74. The van der Waals surface area contributed by atoms with Crippen LogP contribution in [0.25, 0.3) is 10.9 Å². The van der Waals surface area contributed by atoms with Gasteiger partial charge in [-0.2, -0.15) is 0 Å². The van der Waals surface area contributed by atoms with Crippen LogP contribution in [0.3, 0.4) is 0 Å². The van der Waals surface area contributed by atoms with Gasteiger partial charge < -0.3 is 9.30 Å². The van der Waals surface area contributed by atoms with Crippen LogP contribution in [0.15, 0.2) is 29.2 Å². The highest BCUT2D eigenvalue weighted by atomic mass is 32.1. The van der Waals surface area contributed by atoms with Crippen molar-refractivity contribution in [1.82, 2.24) is 14.8 Å². The van der Waals surface area contributed by atoms with E-state index in [1.165, 1.54) is 18.4 Å². The van der Waals surface area contributed by atoms with Crippen LogP contribution in [0.4, 0.5) is 5.13 Å². The second kappa shape index (κ2) is 7.02. The smallest absolute Gasteiger partial charge is 0.262 e. The Morgan fingerprint density at radius 1 is 1.32 bits per heavy atom. The number of hydrogen-bond donors (Lipinski definition) is 1. The summed E-state index contributed by atoms with van der Waals surface area (Å²) < 4.78 is 7.06. The number of methoxy groups -OCH3 is 1. The molecule has 130 valence electrons. The first kappa shape index (κ1) is 17.1. The number of carbonyl (C=O) groups excluding carboxylic acids is 1. The molecule has 0 aliphatic carbocycles. The molecule has 0 aliphatic heterocycles. The molecule has 0 radical (unpaired) electrons. The molecule has 0 unspecified atom stereocenters. The summed E-state index contributed by atoms with van der Waals surface area (Å²) in [6, 6.07) is 5.26. The van der Waals surface area contributed by atoms with E-state index in [-0.39, 0.29) is 11.0 Å². The third kappa shape index (κ3) is 3.25. The monoisotopic (exact) mass is 358 g/mol. The molecule has 0 bridgehead atoms. The predicted molar refractivity (Wildman–Crippen MR) is 97.7 cm³/mol. The molecule has 1 amide bonds. The van der Waals surface area contributed by atoms with Gasteiger partial charge in [0.25, 0.3) is 5.91 Å². The number of anilines is 1. The summed E-state index contributed by atoms with van der Waals surface area (Å²) in [5.74, 6) is 0.0808. The first-order valence-electron chi connectivity index (χ1n) is 7.92. The number of ether oxygens (including phenoxy) is 1. The molecule has 8 heteroatoms. The van der Waals surface area contributed by atoms with Crippen molar-refractivity contribution < 1.29 is 9.53 Å². The van der Waals surface area contributed by atoms with Gasteiger partial charge in [-0.25, -0.2) is 0 Å². The van der Waals surface area contributed by atoms with Crippen molar-refractivity contribution in [3.8, 4) is 5.75 Å². The average molecular weight is 358 g/mol. The number of carbonyl (C=O) groups is 1. The van der Waals surface area contributed by atoms with E-state index < -0.39 is 5.91 Å². The number of amides is 1. The van der Waals surface area contributed by atoms with Crippen LogP contribution >= 0.6 is 11.3 Å². The molecule has 0 fully saturated rings. The number of rotatable bonds is 5. The zero-order valence-corrected chi connectivity index (χ0v) is 15.0. The summed E-state index contributed by atoms with van der Waals surface area (Å²) in [6.45, 7) is 4.54. The zero-order chi connectivity index (χ0) is 18.0. The van der Waals surface area contributed by atoms with Gasteiger partial charge >= 0.3 is 0 Å². The minimum Gasteiger partial charge on any atom is -0.497 e. The Balaban J connectivity index is 2.06. The van der Waals surface area contributed by atoms with Crippen molar-refractivity contribution in [3.63, 3.8) is 0 Å². The normalized spacial score (nSPS) is 10.8. The lowest BCUT2D eigenvalue weighted by Crippen LogP contribution is -2.23. The highest BCUT2D eigenvalue weighted by Gasteiger charge is 2.17. The Morgan fingerprint density at radius 3 is 2.76 bits per heavy atom. The number of aryl methyl sites for hydroxylation is 2. The van der Waals surface area contributed by atoms with E-state index in [0.717, 1.165) is 16.9 Å². The Kier molecular flexibility index (Phi) is 4.80. The van der Waals surface area contributed by atoms with E-state index >= 15 is 0 Å². The van der Waals surface area contributed by atoms with Gasteiger partial charge in [0.15, 0.2) is 0 Å². The Hall–Kier alpha value is -2.74. The van der Waals surface area contributed by atoms with Crippen LogP contribution in [0.1, 0.15) is 29.2 Å². The summed E-state index contributed by atoms with van der Waals surface area (Å²) in [6.07, 6.45) is 2.32. The van der Waals surface area contributed by atoms with E-state index in [9.17, 15) is 9.59 Å². The molecule has 0 aliphatic rings. The maximum Gasteiger partial charge on any atom is 0.262 e. The molecule has 2 aromatic heterocycles. The van der Waals surface area contributed by atoms with Crippen molar-refractivity contribution in [3.05, 3.63) is 45.2 Å². The van der Waals surface area contributed by atoms with Gasteiger partial charge in [0, 0.05) is 12.7 Å². The van der Waals surface area contributed by atoms with Gasteiger partial charge in [-0.05, 0) is 31.5 Å². The summed E-state index contributed by atoms with van der Waals surface area (Å²) in [5, 5.41) is 12.2. The number of benzene rings is 1. The summed E-state index contributed by atoms with van der Waals surface area (Å²) in [4.78, 5) is 25.4. The number of nitrogens with one attached hydrogen (secondary N) is 1. The molecule has 0 saturated carbocycles. The molecule has 2 heterocycles. The highest BCUT2D eigenvalue weighted by Crippen LogP contribution is 2.20. The number of hydrogen-bond acceptors (Lipinski definition) is 6. The molecular weight excluding hydrogens is 340 g/mol. The molecule has 0 saturated heterocycles. The number of nitrogens with zero attached hydrogens (tertiary/aromatic N) is 3. The minimum atomic E-state index is -0.490. The van der Waals surface area contributed by atoms with Crippen LogP contribution < -0.4 is 15.5 Å². The first-order chi connectivity index (χ1) is 12.1. The quantitative estimate of drug-likeness (QED) is 0.758. The lowest BCUT2D eigenvalue weighted by Gasteiger charge is -2.12. The fourth-order valence-corrected chi connectivity index (χ4v) is 3.21. The van der Waals surface area contributed by atoms with E-state index in [2.05, 4.69) is 15.5 Å². The van der Waals surface area contributed by atoms with Crippen LogP contribution in [-0.4, -0.2) is 27.8 Å². The molecule has 7 nitrogen and oxygen atoms in total. The van der Waals surface area contributed by atoms with E-state index in [1.54, 1.807) is 18.3 Å². The molecular formula is C17H18N4O3S. The van der Waals surface area contributed by atoms with Crippen molar-refractivity contribution in [2.45, 2.75) is 26.8 Å². The molecule has 3 rings (SSSR count). The second-order valence-electron chi connectivity index (χ2n) is 5.35. The number of aromatic nitrogens is 3. The van der Waals surface area contributed by atoms with E-state index in [0.29, 0.717) is 22.8 Å². The largest absolute Gasteiger partial charge is 0.497 e. The molecule has 1 aromatic carbocycles. The number of fused-ring (bicyclic) bond motifs is 1. The third-order valence-electron chi connectivity index (χ3n) is 3.86.